The largest absolute Gasteiger partial charge is 0.475 e. The van der Waals surface area contributed by atoms with Gasteiger partial charge in [0.25, 0.3) is 0 Å². The lowest BCUT2D eigenvalue weighted by Gasteiger charge is -2.19. The monoisotopic (exact) mass is 252 g/mol. The number of carboxylic acid groups (broad SMARTS) is 1. The number of hydrogen-bond acceptors (Lipinski definition) is 4. The predicted molar refractivity (Wildman–Crippen MR) is 65.2 cm³/mol. The van der Waals surface area contributed by atoms with Gasteiger partial charge in [0.05, 0.1) is 0 Å². The highest BCUT2D eigenvalue weighted by Crippen LogP contribution is 2.15. The first kappa shape index (κ1) is 14.0. The first-order valence-corrected chi connectivity index (χ1v) is 5.44. The number of rotatable bonds is 3. The number of hydrogen-bond donors (Lipinski definition) is 1. The van der Waals surface area contributed by atoms with Crippen molar-refractivity contribution in [2.45, 2.75) is 33.3 Å². The van der Waals surface area contributed by atoms with Crippen LogP contribution in [-0.4, -0.2) is 22.6 Å². The molecule has 0 aliphatic carbocycles. The van der Waals surface area contributed by atoms with E-state index in [-0.39, 0.29) is 5.76 Å². The third-order valence-electron chi connectivity index (χ3n) is 1.92. The van der Waals surface area contributed by atoms with Crippen molar-refractivity contribution in [3.8, 4) is 0 Å². The van der Waals surface area contributed by atoms with Gasteiger partial charge in [0, 0.05) is 5.57 Å². The highest BCUT2D eigenvalue weighted by atomic mass is 16.6. The maximum absolute atomic E-state index is 11.7. The van der Waals surface area contributed by atoms with E-state index in [0.717, 1.165) is 0 Å². The average Bonchev–Trinajstić information content (AvgIpc) is 2.63. The number of ether oxygens (including phenoxy) is 1. The lowest BCUT2D eigenvalue weighted by Crippen LogP contribution is -2.24. The van der Waals surface area contributed by atoms with Gasteiger partial charge in [-0.3, -0.25) is 0 Å². The molecule has 0 aliphatic heterocycles. The molecule has 18 heavy (non-hydrogen) atoms. The fourth-order valence-electron chi connectivity index (χ4n) is 1.18. The second-order valence-corrected chi connectivity index (χ2v) is 4.84. The van der Waals surface area contributed by atoms with Gasteiger partial charge in [0.15, 0.2) is 0 Å². The molecule has 5 heteroatoms. The van der Waals surface area contributed by atoms with E-state index >= 15 is 0 Å². The van der Waals surface area contributed by atoms with Gasteiger partial charge in [-0.05, 0) is 45.9 Å². The van der Waals surface area contributed by atoms with Crippen molar-refractivity contribution in [3.05, 3.63) is 29.2 Å². The molecule has 0 saturated heterocycles. The molecule has 0 spiro atoms. The van der Waals surface area contributed by atoms with Gasteiger partial charge in [0.1, 0.15) is 11.4 Å². The number of furan rings is 1. The van der Waals surface area contributed by atoms with E-state index in [1.165, 1.54) is 18.2 Å². The molecular weight excluding hydrogens is 236 g/mol. The molecule has 1 aromatic heterocycles. The van der Waals surface area contributed by atoms with E-state index in [4.69, 9.17) is 14.3 Å². The summed E-state index contributed by atoms with van der Waals surface area (Å²) in [6.45, 7) is 6.89. The number of carbonyl (C=O) groups excluding carboxylic acids is 1. The Bertz CT molecular complexity index is 488. The van der Waals surface area contributed by atoms with E-state index in [1.54, 1.807) is 27.7 Å². The van der Waals surface area contributed by atoms with Gasteiger partial charge in [-0.15, -0.1) is 0 Å². The summed E-state index contributed by atoms with van der Waals surface area (Å²) in [5.41, 5.74) is -0.224. The highest BCUT2D eigenvalue weighted by Gasteiger charge is 2.18. The molecule has 1 N–H and O–H groups in total. The highest BCUT2D eigenvalue weighted by molar-refractivity contribution is 5.93. The maximum atomic E-state index is 11.7. The number of carboxylic acids is 1. The van der Waals surface area contributed by atoms with Gasteiger partial charge in [-0.25, -0.2) is 9.59 Å². The zero-order chi connectivity index (χ0) is 13.9. The molecule has 0 radical (unpaired) electrons. The van der Waals surface area contributed by atoms with E-state index in [1.807, 2.05) is 0 Å². The van der Waals surface area contributed by atoms with Gasteiger partial charge in [0.2, 0.25) is 5.76 Å². The van der Waals surface area contributed by atoms with Gasteiger partial charge >= 0.3 is 11.9 Å². The van der Waals surface area contributed by atoms with E-state index in [2.05, 4.69) is 0 Å². The molecule has 5 nitrogen and oxygen atoms in total. The molecule has 0 bridgehead atoms. The molecule has 98 valence electrons. The van der Waals surface area contributed by atoms with Crippen molar-refractivity contribution in [2.24, 2.45) is 0 Å². The maximum Gasteiger partial charge on any atom is 0.371 e. The summed E-state index contributed by atoms with van der Waals surface area (Å²) < 4.78 is 10.2. The van der Waals surface area contributed by atoms with E-state index in [9.17, 15) is 9.59 Å². The molecule has 0 saturated carbocycles. The Labute approximate surface area is 105 Å². The van der Waals surface area contributed by atoms with Crippen LogP contribution < -0.4 is 0 Å². The summed E-state index contributed by atoms with van der Waals surface area (Å²) in [7, 11) is 0. The molecule has 0 unspecified atom stereocenters. The minimum atomic E-state index is -1.15. The Kier molecular flexibility index (Phi) is 3.96. The third kappa shape index (κ3) is 4.08. The Hall–Kier alpha value is -2.04. The molecule has 0 atom stereocenters. The van der Waals surface area contributed by atoms with Crippen LogP contribution >= 0.6 is 0 Å². The van der Waals surface area contributed by atoms with Crippen molar-refractivity contribution in [1.82, 2.24) is 0 Å². The fourth-order valence-corrected chi connectivity index (χ4v) is 1.18. The molecule has 0 fully saturated rings. The smallest absolute Gasteiger partial charge is 0.371 e. The summed E-state index contributed by atoms with van der Waals surface area (Å²) in [6.07, 6.45) is 1.44. The van der Waals surface area contributed by atoms with E-state index < -0.39 is 17.5 Å². The van der Waals surface area contributed by atoms with Crippen molar-refractivity contribution in [3.63, 3.8) is 0 Å². The minimum absolute atomic E-state index is 0.168. The summed E-state index contributed by atoms with van der Waals surface area (Å²) in [6, 6.07) is 2.81. The van der Waals surface area contributed by atoms with Gasteiger partial charge in [-0.1, -0.05) is 0 Å². The Balaban J connectivity index is 2.82. The summed E-state index contributed by atoms with van der Waals surface area (Å²) in [4.78, 5) is 22.3. The van der Waals surface area contributed by atoms with Crippen LogP contribution in [0.2, 0.25) is 0 Å². The van der Waals surface area contributed by atoms with Crippen LogP contribution in [0.25, 0.3) is 6.08 Å². The van der Waals surface area contributed by atoms with Crippen molar-refractivity contribution in [2.75, 3.05) is 0 Å². The Morgan fingerprint density at radius 1 is 1.33 bits per heavy atom. The lowest BCUT2D eigenvalue weighted by molar-refractivity contribution is -0.149. The van der Waals surface area contributed by atoms with Crippen LogP contribution in [0.5, 0.6) is 0 Å². The lowest BCUT2D eigenvalue weighted by atomic mass is 10.2. The summed E-state index contributed by atoms with van der Waals surface area (Å²) >= 11 is 0. The number of esters is 1. The molecule has 0 aromatic carbocycles. The van der Waals surface area contributed by atoms with E-state index in [0.29, 0.717) is 11.3 Å². The summed E-state index contributed by atoms with van der Waals surface area (Å²) in [5, 5.41) is 8.69. The van der Waals surface area contributed by atoms with Gasteiger partial charge in [-0.2, -0.15) is 0 Å². The number of aromatic carboxylic acids is 1. The first-order chi connectivity index (χ1) is 8.19. The van der Waals surface area contributed by atoms with Crippen LogP contribution in [0, 0.1) is 0 Å². The molecule has 1 aromatic rings. The molecule has 0 amide bonds. The van der Waals surface area contributed by atoms with Crippen molar-refractivity contribution >= 4 is 18.0 Å². The Morgan fingerprint density at radius 2 is 1.94 bits per heavy atom. The SMILES string of the molecule is CC(=Cc1ccc(C(=O)O)o1)C(=O)OC(C)(C)C. The van der Waals surface area contributed by atoms with Crippen molar-refractivity contribution in [1.29, 1.82) is 0 Å². The third-order valence-corrected chi connectivity index (χ3v) is 1.92. The molecule has 0 aliphatic rings. The first-order valence-electron chi connectivity index (χ1n) is 5.44. The molecule has 1 heterocycles. The van der Waals surface area contributed by atoms with Crippen molar-refractivity contribution < 1.29 is 23.8 Å². The second-order valence-electron chi connectivity index (χ2n) is 4.84. The number of carbonyl (C=O) groups is 2. The average molecular weight is 252 g/mol. The topological polar surface area (TPSA) is 76.7 Å². The molecular formula is C13H16O5. The summed E-state index contributed by atoms with van der Waals surface area (Å²) in [5.74, 6) is -1.48. The van der Waals surface area contributed by atoms with Gasteiger partial charge < -0.3 is 14.3 Å². The minimum Gasteiger partial charge on any atom is -0.475 e. The molecule has 1 rings (SSSR count). The van der Waals surface area contributed by atoms with Crippen LogP contribution in [0.4, 0.5) is 0 Å². The quantitative estimate of drug-likeness (QED) is 0.661. The second kappa shape index (κ2) is 5.08. The zero-order valence-corrected chi connectivity index (χ0v) is 10.8. The normalized spacial score (nSPS) is 12.3. The standard InChI is InChI=1S/C13H16O5/c1-8(12(16)18-13(2,3)4)7-9-5-6-10(17-9)11(14)15/h5-7H,1-4H3,(H,14,15). The predicted octanol–water partition coefficient (Wildman–Crippen LogP) is 2.72. The van der Waals surface area contributed by atoms with Crippen LogP contribution in [-0.2, 0) is 9.53 Å². The van der Waals surface area contributed by atoms with Crippen LogP contribution in [0.3, 0.4) is 0 Å². The van der Waals surface area contributed by atoms with Crippen LogP contribution in [0.1, 0.15) is 44.0 Å². The Morgan fingerprint density at radius 3 is 2.39 bits per heavy atom. The zero-order valence-electron chi connectivity index (χ0n) is 10.8. The van der Waals surface area contributed by atoms with Crippen LogP contribution in [0.15, 0.2) is 22.1 Å². The fraction of sp³-hybridized carbons (Fsp3) is 0.385.